The Morgan fingerprint density at radius 3 is 0.572 bits per heavy atom. The Morgan fingerprint density at radius 1 is 0.276 bits per heavy atom. The second-order valence-corrected chi connectivity index (χ2v) is 52.3. The predicted molar refractivity (Wildman–Crippen MR) is 594 cm³/mol. The summed E-state index contributed by atoms with van der Waals surface area (Å²) < 4.78 is 50.0. The van der Waals surface area contributed by atoms with Gasteiger partial charge < -0.3 is 83.7 Å². The monoisotopic (exact) mass is 2160 g/mol. The van der Waals surface area contributed by atoms with Crippen molar-refractivity contribution in [3.63, 3.8) is 0 Å². The molecule has 0 saturated heterocycles. The number of carbonyl (C=O) groups is 7. The van der Waals surface area contributed by atoms with Crippen LogP contribution >= 0.6 is 102 Å². The van der Waals surface area contributed by atoms with Crippen LogP contribution in [0.5, 0.6) is 0 Å². The van der Waals surface area contributed by atoms with Gasteiger partial charge in [0.2, 0.25) is 0 Å². The van der Waals surface area contributed by atoms with Crippen LogP contribution in [-0.4, -0.2) is 178 Å². The zero-order chi connectivity index (χ0) is 107. The van der Waals surface area contributed by atoms with Crippen molar-refractivity contribution < 1.29 is 81.3 Å². The van der Waals surface area contributed by atoms with Crippen LogP contribution in [0, 0.1) is 11.9 Å². The van der Waals surface area contributed by atoms with Crippen molar-refractivity contribution in [2.75, 3.05) is 58.9 Å². The third-order valence-electron chi connectivity index (χ3n) is 23.8. The molecular weight excluding hydrogens is 2010 g/mol. The van der Waals surface area contributed by atoms with Gasteiger partial charge in [0.05, 0.1) is 30.2 Å². The van der Waals surface area contributed by atoms with Gasteiger partial charge in [-0.25, -0.2) is 33.6 Å². The van der Waals surface area contributed by atoms with E-state index in [4.69, 9.17) is 43.0 Å². The summed E-state index contributed by atoms with van der Waals surface area (Å²) in [5.41, 5.74) is 8.88. The summed E-state index contributed by atoms with van der Waals surface area (Å²) in [6, 6.07) is 22.4. The molecular formula is C109H158BN9O17S9. The molecule has 18 heterocycles. The molecule has 18 rings (SSSR count). The zero-order valence-corrected chi connectivity index (χ0v) is 98.1. The van der Waals surface area contributed by atoms with E-state index in [1.807, 2.05) is 174 Å². The zero-order valence-electron chi connectivity index (χ0n) is 90.8. The average Bonchev–Trinajstić information content (AvgIpc) is 1.70. The number of hydrogen-bond acceptors (Lipinski definition) is 30. The molecule has 145 heavy (non-hydrogen) atoms. The van der Waals surface area contributed by atoms with Gasteiger partial charge in [-0.05, 0) is 419 Å². The molecule has 36 heteroatoms. The molecule has 9 aromatic heterocycles. The number of rotatable bonds is 0. The van der Waals surface area contributed by atoms with Gasteiger partial charge in [0, 0.05) is 127 Å². The van der Waals surface area contributed by atoms with Gasteiger partial charge in [-0.2, -0.15) is 0 Å². The number of nitrogens with zero attached hydrogens (tertiary/aromatic N) is 5. The standard InChI is InChI=1S/5C13H19NO2S.C10H18O5.4C8H11NS.C2HBO2/c5*1-9-10-6-8-17-11(10)5-7-14(9)12(15)16-13(2,3)4;1-9(2,3)14-7(11)13-8(12)15-10(4,5)6;4*1-6-7-3-5-10-8(7)2-4-9-6;4-2-1-3-5/h5*6,8-9H,5,7H2,1-4H3;1-6H3;4*3,5-6,9H,2,4H2,1H3;4H/t4*9-;;;2*6-;;;/m1100..10.../s1. The maximum atomic E-state index is 12.1. The molecule has 9 atom stereocenters. The SMILES string of the molecule is CC(C)(C)OC(=O)OC(=O)OC(C)(C)C.CC1NCCc2sccc21.CC1NCCc2sccc21.CC1c2ccsc2CCN1C(=O)OC(C)(C)C.C[C@@H]1NCCc2sccc21.C[C@@H]1c2ccsc2CCN1C(=O)OC(C)(C)C.C[C@@H]1c2ccsc2CCN1C(=O)OC(C)(C)C.C[C@H]1NCCc2sccc21.C[C@H]1c2ccsc2CCN1C(=O)OC(C)(C)C.C[C@H]1c2ccsc2CCN1C(=O)OC(C)(C)C.O=BC#CO. The topological polar surface area (TPSA) is 295 Å². The Kier molecular flexibility index (Phi) is 46.4. The Hall–Kier alpha value is -8.55. The summed E-state index contributed by atoms with van der Waals surface area (Å²) in [5, 5.41) is 40.4. The molecule has 9 aliphatic heterocycles. The van der Waals surface area contributed by atoms with E-state index in [2.05, 4.69) is 191 Å². The third kappa shape index (κ3) is 39.4. The van der Waals surface area contributed by atoms with Crippen LogP contribution < -0.4 is 21.3 Å². The van der Waals surface area contributed by atoms with Gasteiger partial charge in [-0.3, -0.25) is 0 Å². The van der Waals surface area contributed by atoms with E-state index in [-0.39, 0.29) is 60.7 Å². The first kappa shape index (κ1) is 122. The summed E-state index contributed by atoms with van der Waals surface area (Å²) >= 11 is 16.4. The number of fused-ring (bicyclic) bond motifs is 9. The Labute approximate surface area is 898 Å². The summed E-state index contributed by atoms with van der Waals surface area (Å²) in [6.07, 6.45) is 7.83. The van der Waals surface area contributed by atoms with Crippen molar-refractivity contribution in [1.82, 2.24) is 45.8 Å². The normalized spacial score (nSPS) is 19.8. The molecule has 0 aliphatic carbocycles. The van der Waals surface area contributed by atoms with Crippen molar-refractivity contribution in [3.8, 4) is 11.9 Å². The summed E-state index contributed by atoms with van der Waals surface area (Å²) in [5.74, 6) is 1.74. The molecule has 798 valence electrons. The Balaban J connectivity index is 0.000000197. The van der Waals surface area contributed by atoms with Crippen LogP contribution in [0.1, 0.15) is 356 Å². The van der Waals surface area contributed by atoms with Crippen LogP contribution in [-0.2, 0) is 100 Å². The van der Waals surface area contributed by atoms with Gasteiger partial charge in [0.15, 0.2) is 0 Å². The molecule has 9 aromatic rings. The van der Waals surface area contributed by atoms with Gasteiger partial charge in [-0.15, -0.1) is 102 Å². The minimum atomic E-state index is -1.06. The molecule has 0 aromatic carbocycles. The molecule has 3 unspecified atom stereocenters. The average molecular weight is 2170 g/mol. The van der Waals surface area contributed by atoms with Crippen LogP contribution in [0.4, 0.5) is 33.6 Å². The molecule has 26 nitrogen and oxygen atoms in total. The van der Waals surface area contributed by atoms with E-state index in [0.717, 1.165) is 91.0 Å². The maximum absolute atomic E-state index is 12.1. The molecule has 5 N–H and O–H groups in total. The number of ether oxygens (including phenoxy) is 8. The van der Waals surface area contributed by atoms with Crippen molar-refractivity contribution in [3.05, 3.63) is 197 Å². The van der Waals surface area contributed by atoms with Crippen LogP contribution in [0.15, 0.2) is 103 Å². The fourth-order valence-corrected chi connectivity index (χ4v) is 25.6. The van der Waals surface area contributed by atoms with Gasteiger partial charge in [0.1, 0.15) is 39.2 Å². The van der Waals surface area contributed by atoms with E-state index in [0.29, 0.717) is 31.3 Å². The molecule has 5 amide bonds. The van der Waals surface area contributed by atoms with E-state index in [1.165, 1.54) is 106 Å². The van der Waals surface area contributed by atoms with E-state index in [1.54, 1.807) is 124 Å². The number of hydrogen-bond donors (Lipinski definition) is 5. The molecule has 9 aliphatic rings. The van der Waals surface area contributed by atoms with E-state index < -0.39 is 51.5 Å². The molecule has 0 spiro atoms. The Bertz CT molecular complexity index is 4970. The van der Waals surface area contributed by atoms with Gasteiger partial charge in [0.25, 0.3) is 0 Å². The molecule has 0 radical (unpaired) electrons. The third-order valence-corrected chi connectivity index (χ3v) is 32.8. The van der Waals surface area contributed by atoms with Crippen LogP contribution in [0.2, 0.25) is 0 Å². The fraction of sp³-hybridized carbons (Fsp3) is 0.587. The number of thiophene rings is 9. The van der Waals surface area contributed by atoms with Gasteiger partial charge in [-0.1, -0.05) is 0 Å². The first-order valence-corrected chi connectivity index (χ1v) is 58.0. The first-order valence-electron chi connectivity index (χ1n) is 50.0. The molecule has 0 fully saturated rings. The van der Waals surface area contributed by atoms with Crippen molar-refractivity contribution in [2.24, 2.45) is 0 Å². The molecule has 0 saturated carbocycles. The van der Waals surface area contributed by atoms with Gasteiger partial charge >= 0.3 is 71.7 Å². The minimum absolute atomic E-state index is 0.125. The number of amides is 5. The van der Waals surface area contributed by atoms with Crippen molar-refractivity contribution >= 4 is 152 Å². The Morgan fingerprint density at radius 2 is 0.434 bits per heavy atom. The summed E-state index contributed by atoms with van der Waals surface area (Å²) in [6.45, 7) is 66.1. The van der Waals surface area contributed by atoms with Crippen LogP contribution in [0.3, 0.4) is 0 Å². The van der Waals surface area contributed by atoms with E-state index in [9.17, 15) is 33.6 Å². The number of aliphatic hydroxyl groups is 1. The number of aliphatic hydroxyl groups excluding tert-OH is 1. The first-order chi connectivity index (χ1) is 67.8. The van der Waals surface area contributed by atoms with Crippen molar-refractivity contribution in [1.29, 1.82) is 0 Å². The fourth-order valence-electron chi connectivity index (χ4n) is 16.8. The summed E-state index contributed by atoms with van der Waals surface area (Å²) in [4.78, 5) is 105. The quantitative estimate of drug-likeness (QED) is 0.0310. The number of carbonyl (C=O) groups excluding carboxylic acids is 7. The molecule has 0 bridgehead atoms. The summed E-state index contributed by atoms with van der Waals surface area (Å²) in [7, 11) is 0.319. The predicted octanol–water partition coefficient (Wildman–Crippen LogP) is 28.0. The van der Waals surface area contributed by atoms with Crippen molar-refractivity contribution in [2.45, 2.75) is 359 Å². The number of nitrogens with one attached hydrogen (secondary N) is 4. The second-order valence-electron chi connectivity index (χ2n) is 43.3. The second kappa shape index (κ2) is 55.3. The van der Waals surface area contributed by atoms with Crippen LogP contribution in [0.25, 0.3) is 0 Å². The van der Waals surface area contributed by atoms with E-state index >= 15 is 0 Å².